The highest BCUT2D eigenvalue weighted by Gasteiger charge is 2.36. The molecule has 1 atom stereocenters. The van der Waals surface area contributed by atoms with Gasteiger partial charge in [-0.1, -0.05) is 30.3 Å². The molecule has 4 rings (SSSR count). The third-order valence-electron chi connectivity index (χ3n) is 5.77. The molecule has 1 saturated carbocycles. The highest BCUT2D eigenvalue weighted by Crippen LogP contribution is 2.40. The van der Waals surface area contributed by atoms with E-state index in [1.807, 2.05) is 24.0 Å². The van der Waals surface area contributed by atoms with Gasteiger partial charge in [-0.15, -0.1) is 0 Å². The van der Waals surface area contributed by atoms with Crippen LogP contribution >= 0.6 is 0 Å². The molecule has 2 aliphatic rings. The summed E-state index contributed by atoms with van der Waals surface area (Å²) in [5.74, 6) is 2.28. The summed E-state index contributed by atoms with van der Waals surface area (Å²) in [6, 6.07) is 10.8. The zero-order valence-corrected chi connectivity index (χ0v) is 15.5. The number of carbonyl (C=O) groups excluding carboxylic acids is 1. The number of hydrogen-bond donors (Lipinski definition) is 1. The number of imidazole rings is 1. The molecule has 1 aromatic heterocycles. The van der Waals surface area contributed by atoms with Crippen LogP contribution in [0.25, 0.3) is 0 Å². The lowest BCUT2D eigenvalue weighted by molar-refractivity contribution is -0.123. The molecule has 5 nitrogen and oxygen atoms in total. The highest BCUT2D eigenvalue weighted by atomic mass is 16.2. The molecule has 1 N–H and O–H groups in total. The maximum Gasteiger partial charge on any atom is 0.234 e. The van der Waals surface area contributed by atoms with Gasteiger partial charge in [0, 0.05) is 19.4 Å². The van der Waals surface area contributed by atoms with Gasteiger partial charge < -0.3 is 9.88 Å². The first-order valence-electron chi connectivity index (χ1n) is 9.74. The Bertz CT molecular complexity index is 729. The minimum Gasteiger partial charge on any atom is -0.345 e. The van der Waals surface area contributed by atoms with Crippen molar-refractivity contribution < 1.29 is 4.79 Å². The number of nitrogens with one attached hydrogen (secondary N) is 1. The third kappa shape index (κ3) is 3.98. The number of benzene rings is 1. The van der Waals surface area contributed by atoms with Crippen LogP contribution in [0.5, 0.6) is 0 Å². The van der Waals surface area contributed by atoms with Crippen molar-refractivity contribution in [1.82, 2.24) is 19.8 Å². The van der Waals surface area contributed by atoms with Crippen LogP contribution in [0.15, 0.2) is 42.7 Å². The molecule has 2 heterocycles. The molecular weight excluding hydrogens is 324 g/mol. The smallest absolute Gasteiger partial charge is 0.234 e. The second kappa shape index (κ2) is 7.62. The average Bonchev–Trinajstić information content (AvgIpc) is 3.42. The lowest BCUT2D eigenvalue weighted by atomic mass is 9.89. The molecule has 1 saturated heterocycles. The van der Waals surface area contributed by atoms with E-state index in [1.165, 1.54) is 18.4 Å². The van der Waals surface area contributed by atoms with Crippen molar-refractivity contribution in [2.24, 2.45) is 13.0 Å². The van der Waals surface area contributed by atoms with E-state index < -0.39 is 0 Å². The molecule has 1 aromatic carbocycles. The van der Waals surface area contributed by atoms with Gasteiger partial charge in [0.15, 0.2) is 0 Å². The molecule has 138 valence electrons. The Labute approximate surface area is 155 Å². The van der Waals surface area contributed by atoms with Gasteiger partial charge in [-0.2, -0.15) is 0 Å². The van der Waals surface area contributed by atoms with E-state index in [9.17, 15) is 4.79 Å². The van der Waals surface area contributed by atoms with Crippen LogP contribution in [0.3, 0.4) is 0 Å². The lowest BCUT2D eigenvalue weighted by Crippen LogP contribution is -2.43. The number of piperidine rings is 1. The SMILES string of the molecule is Cn1ccnc1[C@@H](NC(=O)CN1CCC(c2ccccc2)CC1)C1CC1. The maximum atomic E-state index is 12.6. The Morgan fingerprint density at radius 2 is 1.92 bits per heavy atom. The van der Waals surface area contributed by atoms with Crippen LogP contribution in [0.1, 0.15) is 49.0 Å². The Balaban J connectivity index is 1.29. The van der Waals surface area contributed by atoms with E-state index in [2.05, 4.69) is 45.5 Å². The van der Waals surface area contributed by atoms with E-state index in [0.717, 1.165) is 31.8 Å². The van der Waals surface area contributed by atoms with Crippen molar-refractivity contribution in [3.63, 3.8) is 0 Å². The van der Waals surface area contributed by atoms with Crippen molar-refractivity contribution in [1.29, 1.82) is 0 Å². The number of aromatic nitrogens is 2. The largest absolute Gasteiger partial charge is 0.345 e. The molecule has 5 heteroatoms. The van der Waals surface area contributed by atoms with Crippen molar-refractivity contribution in [2.75, 3.05) is 19.6 Å². The Hall–Kier alpha value is -2.14. The standard InChI is InChI=1S/C21H28N4O/c1-24-14-11-22-21(24)20(18-7-8-18)23-19(26)15-25-12-9-17(10-13-25)16-5-3-2-4-6-16/h2-6,11,14,17-18,20H,7-10,12-13,15H2,1H3,(H,23,26)/t20-/m0/s1. The summed E-state index contributed by atoms with van der Waals surface area (Å²) in [5.41, 5.74) is 1.43. The van der Waals surface area contributed by atoms with Crippen LogP contribution in [0.4, 0.5) is 0 Å². The van der Waals surface area contributed by atoms with Crippen LogP contribution in [-0.2, 0) is 11.8 Å². The first-order chi connectivity index (χ1) is 12.7. The first-order valence-corrected chi connectivity index (χ1v) is 9.74. The predicted molar refractivity (Wildman–Crippen MR) is 102 cm³/mol. The summed E-state index contributed by atoms with van der Waals surface area (Å²) in [6.45, 7) is 2.47. The number of amides is 1. The maximum absolute atomic E-state index is 12.6. The molecule has 1 aliphatic carbocycles. The molecule has 0 spiro atoms. The molecule has 0 unspecified atom stereocenters. The summed E-state index contributed by atoms with van der Waals surface area (Å²) in [6.07, 6.45) is 8.38. The molecule has 0 radical (unpaired) electrons. The molecule has 1 amide bonds. The molecule has 26 heavy (non-hydrogen) atoms. The van der Waals surface area contributed by atoms with E-state index in [4.69, 9.17) is 0 Å². The van der Waals surface area contributed by atoms with Crippen LogP contribution in [0.2, 0.25) is 0 Å². The zero-order chi connectivity index (χ0) is 17.9. The number of carbonyl (C=O) groups is 1. The Kier molecular flexibility index (Phi) is 5.07. The minimum atomic E-state index is 0.0596. The molecule has 1 aliphatic heterocycles. The molecule has 0 bridgehead atoms. The third-order valence-corrected chi connectivity index (χ3v) is 5.77. The van der Waals surface area contributed by atoms with Gasteiger partial charge in [-0.05, 0) is 56.2 Å². The highest BCUT2D eigenvalue weighted by molar-refractivity contribution is 5.78. The number of hydrogen-bond acceptors (Lipinski definition) is 3. The average molecular weight is 352 g/mol. The zero-order valence-electron chi connectivity index (χ0n) is 15.5. The summed E-state index contributed by atoms with van der Waals surface area (Å²) < 4.78 is 2.02. The second-order valence-electron chi connectivity index (χ2n) is 7.74. The Morgan fingerprint density at radius 1 is 1.19 bits per heavy atom. The summed E-state index contributed by atoms with van der Waals surface area (Å²) in [4.78, 5) is 19.4. The van der Waals surface area contributed by atoms with E-state index in [0.29, 0.717) is 18.4 Å². The summed E-state index contributed by atoms with van der Waals surface area (Å²) in [7, 11) is 2.00. The fourth-order valence-electron chi connectivity index (χ4n) is 4.07. The number of rotatable bonds is 6. The van der Waals surface area contributed by atoms with Gasteiger partial charge in [0.2, 0.25) is 5.91 Å². The van der Waals surface area contributed by atoms with Gasteiger partial charge >= 0.3 is 0 Å². The predicted octanol–water partition coefficient (Wildman–Crippen LogP) is 2.87. The molecule has 2 fully saturated rings. The quantitative estimate of drug-likeness (QED) is 0.870. The first kappa shape index (κ1) is 17.3. The normalized spacial score (nSPS) is 20.0. The van der Waals surface area contributed by atoms with Crippen molar-refractivity contribution in [2.45, 2.75) is 37.6 Å². The number of likely N-dealkylation sites (tertiary alicyclic amines) is 1. The van der Waals surface area contributed by atoms with Gasteiger partial charge in [0.25, 0.3) is 0 Å². The van der Waals surface area contributed by atoms with Crippen LogP contribution in [-0.4, -0.2) is 40.0 Å². The van der Waals surface area contributed by atoms with E-state index in [-0.39, 0.29) is 11.9 Å². The van der Waals surface area contributed by atoms with E-state index in [1.54, 1.807) is 0 Å². The number of aryl methyl sites for hydroxylation is 1. The summed E-state index contributed by atoms with van der Waals surface area (Å²) >= 11 is 0. The van der Waals surface area contributed by atoms with Gasteiger partial charge in [0.05, 0.1) is 12.6 Å². The van der Waals surface area contributed by atoms with Crippen molar-refractivity contribution >= 4 is 5.91 Å². The minimum absolute atomic E-state index is 0.0596. The lowest BCUT2D eigenvalue weighted by Gasteiger charge is -2.32. The van der Waals surface area contributed by atoms with Gasteiger partial charge in [-0.25, -0.2) is 4.98 Å². The monoisotopic (exact) mass is 352 g/mol. The number of nitrogens with zero attached hydrogens (tertiary/aromatic N) is 3. The van der Waals surface area contributed by atoms with Crippen LogP contribution in [0, 0.1) is 5.92 Å². The Morgan fingerprint density at radius 3 is 2.54 bits per heavy atom. The fraction of sp³-hybridized carbons (Fsp3) is 0.524. The fourth-order valence-corrected chi connectivity index (χ4v) is 4.07. The molecule has 2 aromatic rings. The summed E-state index contributed by atoms with van der Waals surface area (Å²) in [5, 5.41) is 3.25. The molecular formula is C21H28N4O. The van der Waals surface area contributed by atoms with Gasteiger partial charge in [0.1, 0.15) is 5.82 Å². The van der Waals surface area contributed by atoms with E-state index >= 15 is 0 Å². The topological polar surface area (TPSA) is 50.2 Å². The second-order valence-corrected chi connectivity index (χ2v) is 7.74. The van der Waals surface area contributed by atoms with Crippen molar-refractivity contribution in [3.8, 4) is 0 Å². The van der Waals surface area contributed by atoms with Crippen LogP contribution < -0.4 is 5.32 Å². The van der Waals surface area contributed by atoms with Gasteiger partial charge in [-0.3, -0.25) is 9.69 Å². The van der Waals surface area contributed by atoms with Crippen molar-refractivity contribution in [3.05, 3.63) is 54.1 Å².